The second-order valence-electron chi connectivity index (χ2n) is 3.67. The molecule has 0 rings (SSSR count). The van der Waals surface area contributed by atoms with Gasteiger partial charge in [-0.2, -0.15) is 0 Å². The highest BCUT2D eigenvalue weighted by Crippen LogP contribution is 1.87. The molecule has 0 aliphatic rings. The molecule has 11 nitrogen and oxygen atoms in total. The first-order valence-corrected chi connectivity index (χ1v) is 6.05. The summed E-state index contributed by atoms with van der Waals surface area (Å²) >= 11 is 0. The van der Waals surface area contributed by atoms with Gasteiger partial charge in [-0.25, -0.2) is 0 Å². The number of rotatable bonds is 3. The topological polar surface area (TPSA) is 204 Å². The molecule has 0 aromatic rings. The molecule has 0 heterocycles. The summed E-state index contributed by atoms with van der Waals surface area (Å²) in [6.07, 6.45) is 0.102. The quantitative estimate of drug-likeness (QED) is 0.478. The molecule has 0 aromatic carbocycles. The molecule has 0 spiro atoms. The van der Waals surface area contributed by atoms with Gasteiger partial charge in [0.15, 0.2) is 0 Å². The average molecular weight is 356 g/mol. The molecular formula is C13H24O11. The molecule has 0 aromatic heterocycles. The van der Waals surface area contributed by atoms with E-state index in [1.54, 1.807) is 0 Å². The fourth-order valence-corrected chi connectivity index (χ4v) is 0.283. The summed E-state index contributed by atoms with van der Waals surface area (Å²) in [6.45, 7) is 5.71. The third-order valence-corrected chi connectivity index (χ3v) is 0.691. The highest BCUT2D eigenvalue weighted by molar-refractivity contribution is 5.80. The number of carboxylic acids is 5. The lowest BCUT2D eigenvalue weighted by atomic mass is 10.2. The Morgan fingerprint density at radius 3 is 0.708 bits per heavy atom. The number of Topliss-reactive ketones (excluding diaryl/α,β-unsaturated/α-hetero) is 1. The van der Waals surface area contributed by atoms with Crippen molar-refractivity contribution in [2.24, 2.45) is 0 Å². The number of carbonyl (C=O) groups is 6. The molecule has 0 unspecified atom stereocenters. The molecule has 0 amide bonds. The standard InChI is InChI=1S/C5H8O3.4C2H4O2/c1-4(6)2-3-5(7)8;4*1-2(3)4/h2-3H2,1H3,(H,7,8);4*1H3,(H,3,4). The van der Waals surface area contributed by atoms with Gasteiger partial charge < -0.3 is 30.3 Å². The number of aliphatic carboxylic acids is 5. The predicted molar refractivity (Wildman–Crippen MR) is 80.8 cm³/mol. The molecule has 0 atom stereocenters. The van der Waals surface area contributed by atoms with Crippen molar-refractivity contribution in [3.8, 4) is 0 Å². The van der Waals surface area contributed by atoms with E-state index in [4.69, 9.17) is 44.7 Å². The van der Waals surface area contributed by atoms with Crippen molar-refractivity contribution < 1.29 is 54.3 Å². The highest BCUT2D eigenvalue weighted by Gasteiger charge is 1.97. The van der Waals surface area contributed by atoms with Crippen LogP contribution >= 0.6 is 0 Å². The summed E-state index contributed by atoms with van der Waals surface area (Å²) in [5.41, 5.74) is 0. The van der Waals surface area contributed by atoms with E-state index in [1.165, 1.54) is 6.92 Å². The summed E-state index contributed by atoms with van der Waals surface area (Å²) in [7, 11) is 0. The number of carboxylic acid groups (broad SMARTS) is 5. The first kappa shape index (κ1) is 32.8. The number of carbonyl (C=O) groups excluding carboxylic acids is 1. The van der Waals surface area contributed by atoms with Crippen molar-refractivity contribution in [2.75, 3.05) is 0 Å². The van der Waals surface area contributed by atoms with Gasteiger partial charge in [0, 0.05) is 34.1 Å². The van der Waals surface area contributed by atoms with Gasteiger partial charge in [-0.05, 0) is 6.92 Å². The normalized spacial score (nSPS) is 7.04. The van der Waals surface area contributed by atoms with Gasteiger partial charge in [0.2, 0.25) is 0 Å². The molecule has 0 aliphatic carbocycles. The van der Waals surface area contributed by atoms with Gasteiger partial charge in [0.05, 0.1) is 6.42 Å². The summed E-state index contributed by atoms with van der Waals surface area (Å²) in [5, 5.41) is 37.7. The Labute approximate surface area is 138 Å². The molecule has 142 valence electrons. The van der Waals surface area contributed by atoms with Crippen LogP contribution in [0.1, 0.15) is 47.5 Å². The van der Waals surface area contributed by atoms with E-state index < -0.39 is 29.8 Å². The van der Waals surface area contributed by atoms with Crippen LogP contribution in [0.5, 0.6) is 0 Å². The van der Waals surface area contributed by atoms with Crippen LogP contribution < -0.4 is 0 Å². The summed E-state index contributed by atoms with van der Waals surface area (Å²) in [6, 6.07) is 0. The molecule has 0 radical (unpaired) electrons. The Kier molecular flexibility index (Phi) is 34.2. The first-order chi connectivity index (χ1) is 10.6. The van der Waals surface area contributed by atoms with E-state index in [2.05, 4.69) is 0 Å². The molecular weight excluding hydrogens is 332 g/mol. The minimum Gasteiger partial charge on any atom is -0.481 e. The number of hydrogen-bond donors (Lipinski definition) is 5. The molecule has 24 heavy (non-hydrogen) atoms. The smallest absolute Gasteiger partial charge is 0.303 e. The maximum atomic E-state index is 10.1. The molecule has 11 heteroatoms. The lowest BCUT2D eigenvalue weighted by molar-refractivity contribution is -0.138. The SMILES string of the molecule is CC(=O)CCC(=O)O.CC(=O)O.CC(=O)O.CC(=O)O.CC(=O)O. The van der Waals surface area contributed by atoms with Crippen molar-refractivity contribution in [2.45, 2.75) is 47.5 Å². The van der Waals surface area contributed by atoms with Crippen molar-refractivity contribution >= 4 is 35.6 Å². The highest BCUT2D eigenvalue weighted by atomic mass is 16.4. The maximum Gasteiger partial charge on any atom is 0.303 e. The van der Waals surface area contributed by atoms with Crippen LogP contribution in [0.25, 0.3) is 0 Å². The van der Waals surface area contributed by atoms with E-state index in [1.807, 2.05) is 0 Å². The van der Waals surface area contributed by atoms with Gasteiger partial charge >= 0.3 is 5.97 Å². The van der Waals surface area contributed by atoms with Crippen molar-refractivity contribution in [3.63, 3.8) is 0 Å². The summed E-state index contributed by atoms with van der Waals surface area (Å²) in [4.78, 5) is 55.8. The monoisotopic (exact) mass is 356 g/mol. The predicted octanol–water partition coefficient (Wildman–Crippen LogP) is 0.804. The molecule has 0 saturated carbocycles. The third-order valence-electron chi connectivity index (χ3n) is 0.691. The first-order valence-electron chi connectivity index (χ1n) is 6.05. The lowest BCUT2D eigenvalue weighted by Crippen LogP contribution is -1.98. The Balaban J connectivity index is -0.0000000657. The fraction of sp³-hybridized carbons (Fsp3) is 0.538. The zero-order valence-corrected chi connectivity index (χ0v) is 14.1. The average Bonchev–Trinajstić information content (AvgIpc) is 2.22. The van der Waals surface area contributed by atoms with Crippen LogP contribution in [-0.4, -0.2) is 61.2 Å². The van der Waals surface area contributed by atoms with Crippen molar-refractivity contribution in [3.05, 3.63) is 0 Å². The van der Waals surface area contributed by atoms with Crippen LogP contribution in [0.4, 0.5) is 0 Å². The Morgan fingerprint density at radius 1 is 0.500 bits per heavy atom. The van der Waals surface area contributed by atoms with Gasteiger partial charge in [-0.15, -0.1) is 0 Å². The molecule has 0 aliphatic heterocycles. The van der Waals surface area contributed by atoms with Gasteiger partial charge in [-0.1, -0.05) is 0 Å². The number of hydrogen-bond acceptors (Lipinski definition) is 6. The molecule has 0 fully saturated rings. The Morgan fingerprint density at radius 2 is 0.667 bits per heavy atom. The summed E-state index contributed by atoms with van der Waals surface area (Å²) < 4.78 is 0. The molecule has 0 saturated heterocycles. The van der Waals surface area contributed by atoms with E-state index in [0.29, 0.717) is 0 Å². The zero-order valence-electron chi connectivity index (χ0n) is 14.1. The fourth-order valence-electron chi connectivity index (χ4n) is 0.283. The lowest BCUT2D eigenvalue weighted by Gasteiger charge is -1.86. The van der Waals surface area contributed by atoms with Crippen LogP contribution in [-0.2, 0) is 28.8 Å². The van der Waals surface area contributed by atoms with E-state index >= 15 is 0 Å². The largest absolute Gasteiger partial charge is 0.481 e. The Bertz CT molecular complexity index is 321. The molecule has 5 N–H and O–H groups in total. The van der Waals surface area contributed by atoms with Gasteiger partial charge in [-0.3, -0.25) is 24.0 Å². The van der Waals surface area contributed by atoms with Gasteiger partial charge in [0.1, 0.15) is 5.78 Å². The van der Waals surface area contributed by atoms with E-state index in [-0.39, 0.29) is 18.6 Å². The second kappa shape index (κ2) is 25.0. The van der Waals surface area contributed by atoms with Crippen LogP contribution in [0.15, 0.2) is 0 Å². The van der Waals surface area contributed by atoms with Crippen molar-refractivity contribution in [1.29, 1.82) is 0 Å². The number of ketones is 1. The van der Waals surface area contributed by atoms with E-state index in [0.717, 1.165) is 27.7 Å². The third kappa shape index (κ3) is 1510. The van der Waals surface area contributed by atoms with Gasteiger partial charge in [0.25, 0.3) is 23.9 Å². The van der Waals surface area contributed by atoms with Crippen LogP contribution in [0.3, 0.4) is 0 Å². The van der Waals surface area contributed by atoms with Crippen LogP contribution in [0.2, 0.25) is 0 Å². The van der Waals surface area contributed by atoms with E-state index in [9.17, 15) is 9.59 Å². The zero-order chi connectivity index (χ0) is 20.9. The summed E-state index contributed by atoms with van der Waals surface area (Å²) in [5.74, 6) is -4.33. The Hall–Kier alpha value is -2.98. The van der Waals surface area contributed by atoms with Crippen LogP contribution in [0, 0.1) is 0 Å². The minimum atomic E-state index is -0.916. The second-order valence-corrected chi connectivity index (χ2v) is 3.67. The van der Waals surface area contributed by atoms with Crippen molar-refractivity contribution in [1.82, 2.24) is 0 Å². The minimum absolute atomic E-state index is 0.0463. The maximum absolute atomic E-state index is 10.1. The molecule has 0 bridgehead atoms.